The molecule has 0 aromatic heterocycles. The fourth-order valence-electron chi connectivity index (χ4n) is 5.08. The zero-order chi connectivity index (χ0) is 22.1. The largest absolute Gasteiger partial charge is 0.462 e. The first-order valence-corrected chi connectivity index (χ1v) is 11.6. The molecule has 0 saturated carbocycles. The van der Waals surface area contributed by atoms with Crippen molar-refractivity contribution in [2.45, 2.75) is 91.5 Å². The fraction of sp³-hybridized carbons (Fsp3) is 0.760. The molecule has 5 nitrogen and oxygen atoms in total. The molecule has 1 N–H and O–H groups in total. The second-order valence-electron chi connectivity index (χ2n) is 10.3. The van der Waals surface area contributed by atoms with Crippen LogP contribution in [-0.2, 0) is 19.1 Å². The highest BCUT2D eigenvalue weighted by molar-refractivity contribution is 5.76. The van der Waals surface area contributed by atoms with Crippen molar-refractivity contribution in [3.8, 4) is 0 Å². The minimum absolute atomic E-state index is 0.0949. The second kappa shape index (κ2) is 9.25. The van der Waals surface area contributed by atoms with E-state index in [0.717, 1.165) is 25.7 Å². The van der Waals surface area contributed by atoms with Crippen LogP contribution < -0.4 is 0 Å². The summed E-state index contributed by atoms with van der Waals surface area (Å²) in [4.78, 5) is 24.6. The molecule has 3 rings (SSSR count). The van der Waals surface area contributed by atoms with Crippen LogP contribution in [0, 0.1) is 29.1 Å². The molecule has 5 heteroatoms. The van der Waals surface area contributed by atoms with Crippen LogP contribution in [0.5, 0.6) is 0 Å². The molecule has 7 atom stereocenters. The third kappa shape index (κ3) is 5.16. The fourth-order valence-corrected chi connectivity index (χ4v) is 5.08. The van der Waals surface area contributed by atoms with Gasteiger partial charge in [0.25, 0.3) is 0 Å². The Labute approximate surface area is 180 Å². The average Bonchev–Trinajstić information content (AvgIpc) is 2.66. The Bertz CT molecular complexity index is 706. The standard InChI is InChI=1S/C25H38O5/c1-6-25(4,5)24(28)30-21-12-15(2)11-17-8-7-16(3)20(23(17)21)10-9-19-13-18(26)14-22(27)29-19/h7-8,11,15-16,18-21,23,26H,6,9-10,12-14H2,1-5H3/t15-,16-,18?,19+,20-,21-,23-/m0/s1. The van der Waals surface area contributed by atoms with Crippen molar-refractivity contribution in [1.29, 1.82) is 0 Å². The highest BCUT2D eigenvalue weighted by atomic mass is 16.6. The Kier molecular flexibility index (Phi) is 7.11. The first-order valence-electron chi connectivity index (χ1n) is 11.6. The van der Waals surface area contributed by atoms with Crippen LogP contribution >= 0.6 is 0 Å². The minimum atomic E-state index is -0.601. The number of carbonyl (C=O) groups is 2. The number of ether oxygens (including phenoxy) is 2. The van der Waals surface area contributed by atoms with Gasteiger partial charge in [-0.25, -0.2) is 0 Å². The van der Waals surface area contributed by atoms with E-state index in [-0.39, 0.29) is 36.5 Å². The third-order valence-electron chi connectivity index (χ3n) is 7.35. The number of hydrogen-bond donors (Lipinski definition) is 1. The number of cyclic esters (lactones) is 1. The number of fused-ring (bicyclic) bond motifs is 1. The van der Waals surface area contributed by atoms with Crippen LogP contribution in [-0.4, -0.2) is 35.4 Å². The van der Waals surface area contributed by atoms with Gasteiger partial charge in [0.05, 0.1) is 17.9 Å². The predicted octanol–water partition coefficient (Wildman–Crippen LogP) is 4.59. The number of aliphatic hydroxyl groups excluding tert-OH is 1. The second-order valence-corrected chi connectivity index (χ2v) is 10.3. The quantitative estimate of drug-likeness (QED) is 0.639. The predicted molar refractivity (Wildman–Crippen MR) is 115 cm³/mol. The van der Waals surface area contributed by atoms with Gasteiger partial charge < -0.3 is 14.6 Å². The minimum Gasteiger partial charge on any atom is -0.462 e. The molecular formula is C25H38O5. The number of esters is 2. The summed E-state index contributed by atoms with van der Waals surface area (Å²) in [7, 11) is 0. The molecule has 1 unspecified atom stereocenters. The Balaban J connectivity index is 1.76. The molecule has 0 amide bonds. The molecule has 30 heavy (non-hydrogen) atoms. The normalized spacial score (nSPS) is 36.5. The molecule has 2 aliphatic carbocycles. The monoisotopic (exact) mass is 418 g/mol. The van der Waals surface area contributed by atoms with Crippen LogP contribution in [0.25, 0.3) is 0 Å². The highest BCUT2D eigenvalue weighted by Gasteiger charge is 2.43. The lowest BCUT2D eigenvalue weighted by Gasteiger charge is -2.44. The molecule has 0 aromatic rings. The number of carbonyl (C=O) groups excluding carboxylic acids is 2. The molecule has 0 radical (unpaired) electrons. The summed E-state index contributed by atoms with van der Waals surface area (Å²) < 4.78 is 11.6. The summed E-state index contributed by atoms with van der Waals surface area (Å²) in [6, 6.07) is 0. The number of allylic oxidation sites excluding steroid dienone is 3. The Morgan fingerprint density at radius 3 is 2.67 bits per heavy atom. The van der Waals surface area contributed by atoms with Gasteiger partial charge in [-0.1, -0.05) is 39.0 Å². The zero-order valence-corrected chi connectivity index (χ0v) is 19.1. The number of rotatable bonds is 6. The van der Waals surface area contributed by atoms with Crippen molar-refractivity contribution in [3.05, 3.63) is 23.8 Å². The van der Waals surface area contributed by atoms with Crippen molar-refractivity contribution in [2.75, 3.05) is 0 Å². The maximum Gasteiger partial charge on any atom is 0.311 e. The Morgan fingerprint density at radius 2 is 2.00 bits per heavy atom. The van der Waals surface area contributed by atoms with Gasteiger partial charge in [-0.05, 0) is 62.9 Å². The zero-order valence-electron chi connectivity index (χ0n) is 19.1. The summed E-state index contributed by atoms with van der Waals surface area (Å²) in [6.07, 6.45) is 9.61. The van der Waals surface area contributed by atoms with Crippen molar-refractivity contribution >= 4 is 11.9 Å². The summed E-state index contributed by atoms with van der Waals surface area (Å²) in [6.45, 7) is 10.3. The van der Waals surface area contributed by atoms with Crippen LogP contribution in [0.4, 0.5) is 0 Å². The highest BCUT2D eigenvalue weighted by Crippen LogP contribution is 2.45. The van der Waals surface area contributed by atoms with Crippen molar-refractivity contribution in [3.63, 3.8) is 0 Å². The van der Waals surface area contributed by atoms with Crippen LogP contribution in [0.1, 0.15) is 73.1 Å². The van der Waals surface area contributed by atoms with Gasteiger partial charge in [-0.3, -0.25) is 9.59 Å². The van der Waals surface area contributed by atoms with Gasteiger partial charge in [0.1, 0.15) is 12.2 Å². The molecule has 1 saturated heterocycles. The van der Waals surface area contributed by atoms with Gasteiger partial charge in [0.15, 0.2) is 0 Å². The van der Waals surface area contributed by atoms with Crippen molar-refractivity contribution in [1.82, 2.24) is 0 Å². The molecule has 3 aliphatic rings. The van der Waals surface area contributed by atoms with E-state index in [4.69, 9.17) is 9.47 Å². The first kappa shape index (κ1) is 23.1. The molecule has 0 bridgehead atoms. The molecule has 1 heterocycles. The third-order valence-corrected chi connectivity index (χ3v) is 7.35. The van der Waals surface area contributed by atoms with Gasteiger partial charge >= 0.3 is 11.9 Å². The summed E-state index contributed by atoms with van der Waals surface area (Å²) in [5.41, 5.74) is 0.785. The SMILES string of the molecule is CCC(C)(C)C(=O)O[C@H]1C[C@@H](C)C=C2C=C[C@H](C)[C@H](CC[C@@H]3CC(O)CC(=O)O3)[C@H]21. The van der Waals surface area contributed by atoms with Gasteiger partial charge in [-0.2, -0.15) is 0 Å². The summed E-state index contributed by atoms with van der Waals surface area (Å²) in [5.74, 6) is 0.776. The first-order chi connectivity index (χ1) is 14.1. The van der Waals surface area contributed by atoms with Crippen LogP contribution in [0.3, 0.4) is 0 Å². The number of hydrogen-bond acceptors (Lipinski definition) is 5. The average molecular weight is 419 g/mol. The van der Waals surface area contributed by atoms with E-state index in [2.05, 4.69) is 32.1 Å². The molecule has 1 aliphatic heterocycles. The Morgan fingerprint density at radius 1 is 1.27 bits per heavy atom. The Hall–Kier alpha value is -1.62. The van der Waals surface area contributed by atoms with Crippen LogP contribution in [0.2, 0.25) is 0 Å². The lowest BCUT2D eigenvalue weighted by Crippen LogP contribution is -2.43. The topological polar surface area (TPSA) is 72.8 Å². The summed E-state index contributed by atoms with van der Waals surface area (Å²) in [5, 5.41) is 9.92. The van der Waals surface area contributed by atoms with Gasteiger partial charge in [0, 0.05) is 12.3 Å². The van der Waals surface area contributed by atoms with E-state index >= 15 is 0 Å². The molecular weight excluding hydrogens is 380 g/mol. The molecule has 0 spiro atoms. The van der Waals surface area contributed by atoms with Gasteiger partial charge in [-0.15, -0.1) is 0 Å². The van der Waals surface area contributed by atoms with Gasteiger partial charge in [0.2, 0.25) is 0 Å². The van der Waals surface area contributed by atoms with E-state index in [1.807, 2.05) is 20.8 Å². The van der Waals surface area contributed by atoms with E-state index in [0.29, 0.717) is 24.2 Å². The van der Waals surface area contributed by atoms with Crippen LogP contribution in [0.15, 0.2) is 23.8 Å². The van der Waals surface area contributed by atoms with E-state index in [1.54, 1.807) is 0 Å². The molecule has 168 valence electrons. The lowest BCUT2D eigenvalue weighted by atomic mass is 9.65. The lowest BCUT2D eigenvalue weighted by molar-refractivity contribution is -0.166. The summed E-state index contributed by atoms with van der Waals surface area (Å²) >= 11 is 0. The smallest absolute Gasteiger partial charge is 0.311 e. The molecule has 1 fully saturated rings. The van der Waals surface area contributed by atoms with Crippen molar-refractivity contribution < 1.29 is 24.2 Å². The van der Waals surface area contributed by atoms with E-state index in [1.165, 1.54) is 5.57 Å². The molecule has 0 aromatic carbocycles. The van der Waals surface area contributed by atoms with E-state index in [9.17, 15) is 14.7 Å². The maximum absolute atomic E-state index is 12.9. The number of aliphatic hydroxyl groups is 1. The van der Waals surface area contributed by atoms with Crippen molar-refractivity contribution in [2.24, 2.45) is 29.1 Å². The van der Waals surface area contributed by atoms with E-state index < -0.39 is 11.5 Å². The maximum atomic E-state index is 12.9.